The van der Waals surface area contributed by atoms with Crippen LogP contribution in [-0.4, -0.2) is 31.4 Å². The van der Waals surface area contributed by atoms with E-state index >= 15 is 0 Å². The first-order chi connectivity index (χ1) is 8.07. The number of nitrogens with one attached hydrogen (secondary N) is 2. The van der Waals surface area contributed by atoms with Crippen LogP contribution in [0.25, 0.3) is 0 Å². The van der Waals surface area contributed by atoms with E-state index in [9.17, 15) is 9.59 Å². The summed E-state index contributed by atoms with van der Waals surface area (Å²) >= 11 is 0. The maximum Gasteiger partial charge on any atom is 0.309 e. The van der Waals surface area contributed by atoms with Crippen LogP contribution in [0.5, 0.6) is 0 Å². The van der Waals surface area contributed by atoms with E-state index in [1.807, 2.05) is 0 Å². The zero-order valence-electron chi connectivity index (χ0n) is 10.6. The smallest absolute Gasteiger partial charge is 0.309 e. The van der Waals surface area contributed by atoms with Gasteiger partial charge in [-0.25, -0.2) is 0 Å². The average molecular weight is 241 g/mol. The average Bonchev–Trinajstić information content (AvgIpc) is 2.34. The molecule has 0 saturated heterocycles. The standard InChI is InChI=1S/C12H23N3O2/c1-12(5-3-2-4-6-12)9-15-11(17)10(16)14-8-7-13/h2-9,13H2,1H3,(H,14,16)(H,15,17). The molecule has 0 aromatic rings. The molecular formula is C12H23N3O2. The minimum absolute atomic E-state index is 0.155. The van der Waals surface area contributed by atoms with Gasteiger partial charge in [0.15, 0.2) is 0 Å². The second-order valence-corrected chi connectivity index (χ2v) is 5.10. The van der Waals surface area contributed by atoms with Crippen molar-refractivity contribution in [1.82, 2.24) is 10.6 Å². The molecule has 0 aromatic heterocycles. The Bertz CT molecular complexity index is 273. The van der Waals surface area contributed by atoms with Crippen LogP contribution in [0.4, 0.5) is 0 Å². The summed E-state index contributed by atoms with van der Waals surface area (Å²) in [7, 11) is 0. The van der Waals surface area contributed by atoms with Gasteiger partial charge in [-0.05, 0) is 18.3 Å². The van der Waals surface area contributed by atoms with Crippen LogP contribution in [0.2, 0.25) is 0 Å². The molecule has 98 valence electrons. The van der Waals surface area contributed by atoms with E-state index in [2.05, 4.69) is 17.6 Å². The Balaban J connectivity index is 2.29. The maximum atomic E-state index is 11.5. The Morgan fingerprint density at radius 3 is 2.29 bits per heavy atom. The van der Waals surface area contributed by atoms with Crippen LogP contribution >= 0.6 is 0 Å². The minimum atomic E-state index is -0.588. The van der Waals surface area contributed by atoms with Crippen LogP contribution < -0.4 is 16.4 Å². The molecule has 0 heterocycles. The molecule has 17 heavy (non-hydrogen) atoms. The summed E-state index contributed by atoms with van der Waals surface area (Å²) < 4.78 is 0. The minimum Gasteiger partial charge on any atom is -0.347 e. The molecule has 0 aliphatic heterocycles. The van der Waals surface area contributed by atoms with E-state index in [-0.39, 0.29) is 5.41 Å². The molecule has 1 saturated carbocycles. The van der Waals surface area contributed by atoms with Crippen LogP contribution in [0.15, 0.2) is 0 Å². The third-order valence-electron chi connectivity index (χ3n) is 3.37. The van der Waals surface area contributed by atoms with Crippen LogP contribution in [0.1, 0.15) is 39.0 Å². The van der Waals surface area contributed by atoms with Gasteiger partial charge in [0.25, 0.3) is 0 Å². The fraction of sp³-hybridized carbons (Fsp3) is 0.833. The highest BCUT2D eigenvalue weighted by atomic mass is 16.2. The van der Waals surface area contributed by atoms with Crippen molar-refractivity contribution in [3.8, 4) is 0 Å². The Kier molecular flexibility index (Phi) is 5.41. The third kappa shape index (κ3) is 4.73. The zero-order valence-corrected chi connectivity index (χ0v) is 10.6. The van der Waals surface area contributed by atoms with E-state index in [0.717, 1.165) is 12.8 Å². The van der Waals surface area contributed by atoms with E-state index in [4.69, 9.17) is 5.73 Å². The number of hydrogen-bond acceptors (Lipinski definition) is 3. The number of carbonyl (C=O) groups excluding carboxylic acids is 2. The second-order valence-electron chi connectivity index (χ2n) is 5.10. The van der Waals surface area contributed by atoms with Crippen molar-refractivity contribution in [2.75, 3.05) is 19.6 Å². The molecule has 5 heteroatoms. The van der Waals surface area contributed by atoms with Gasteiger partial charge in [-0.1, -0.05) is 26.2 Å². The summed E-state index contributed by atoms with van der Waals surface area (Å²) in [5.41, 5.74) is 5.40. The molecule has 0 spiro atoms. The van der Waals surface area contributed by atoms with Gasteiger partial charge in [0.05, 0.1) is 0 Å². The predicted molar refractivity (Wildman–Crippen MR) is 66.3 cm³/mol. The highest BCUT2D eigenvalue weighted by molar-refractivity contribution is 6.35. The van der Waals surface area contributed by atoms with Crippen LogP contribution in [0, 0.1) is 5.41 Å². The summed E-state index contributed by atoms with van der Waals surface area (Å²) in [6.45, 7) is 3.44. The van der Waals surface area contributed by atoms with Gasteiger partial charge in [-0.2, -0.15) is 0 Å². The van der Waals surface area contributed by atoms with Crippen molar-refractivity contribution in [3.05, 3.63) is 0 Å². The lowest BCUT2D eigenvalue weighted by molar-refractivity contribution is -0.139. The van der Waals surface area contributed by atoms with Crippen molar-refractivity contribution in [2.24, 2.45) is 11.1 Å². The first-order valence-electron chi connectivity index (χ1n) is 6.33. The van der Waals surface area contributed by atoms with E-state index in [1.54, 1.807) is 0 Å². The molecule has 1 aliphatic carbocycles. The lowest BCUT2D eigenvalue weighted by Gasteiger charge is -2.33. The molecule has 0 bridgehead atoms. The maximum absolute atomic E-state index is 11.5. The van der Waals surface area contributed by atoms with Crippen molar-refractivity contribution >= 4 is 11.8 Å². The molecule has 0 unspecified atom stereocenters. The van der Waals surface area contributed by atoms with Crippen molar-refractivity contribution in [2.45, 2.75) is 39.0 Å². The first kappa shape index (κ1) is 14.0. The van der Waals surface area contributed by atoms with Gasteiger partial charge in [0, 0.05) is 19.6 Å². The summed E-state index contributed by atoms with van der Waals surface area (Å²) in [6, 6.07) is 0. The fourth-order valence-corrected chi connectivity index (χ4v) is 2.22. The van der Waals surface area contributed by atoms with Gasteiger partial charge in [-0.15, -0.1) is 0 Å². The Labute approximate surface area is 103 Å². The quantitative estimate of drug-likeness (QED) is 0.612. The molecule has 0 radical (unpaired) electrons. The number of rotatable bonds is 4. The Morgan fingerprint density at radius 2 is 1.71 bits per heavy atom. The van der Waals surface area contributed by atoms with Gasteiger partial charge in [0.2, 0.25) is 0 Å². The summed E-state index contributed by atoms with van der Waals surface area (Å²) in [4.78, 5) is 22.8. The topological polar surface area (TPSA) is 84.2 Å². The number of nitrogens with two attached hydrogens (primary N) is 1. The number of hydrogen-bond donors (Lipinski definition) is 3. The van der Waals surface area contributed by atoms with E-state index in [0.29, 0.717) is 19.6 Å². The highest BCUT2D eigenvalue weighted by Crippen LogP contribution is 2.34. The predicted octanol–water partition coefficient (Wildman–Crippen LogP) is 0.148. The number of carbonyl (C=O) groups is 2. The normalized spacial score (nSPS) is 18.5. The fourth-order valence-electron chi connectivity index (χ4n) is 2.22. The van der Waals surface area contributed by atoms with Gasteiger partial charge in [0.1, 0.15) is 0 Å². The highest BCUT2D eigenvalue weighted by Gasteiger charge is 2.27. The third-order valence-corrected chi connectivity index (χ3v) is 3.37. The largest absolute Gasteiger partial charge is 0.347 e. The van der Waals surface area contributed by atoms with Crippen molar-refractivity contribution in [1.29, 1.82) is 0 Å². The summed E-state index contributed by atoms with van der Waals surface area (Å²) in [5.74, 6) is -1.14. The van der Waals surface area contributed by atoms with Crippen molar-refractivity contribution in [3.63, 3.8) is 0 Å². The molecular weight excluding hydrogens is 218 g/mol. The van der Waals surface area contributed by atoms with Gasteiger partial charge in [-0.3, -0.25) is 9.59 Å². The number of amides is 2. The summed E-state index contributed by atoms with van der Waals surface area (Å²) in [6.07, 6.45) is 5.95. The van der Waals surface area contributed by atoms with E-state index in [1.165, 1.54) is 19.3 Å². The molecule has 0 aromatic carbocycles. The van der Waals surface area contributed by atoms with Crippen LogP contribution in [-0.2, 0) is 9.59 Å². The summed E-state index contributed by atoms with van der Waals surface area (Å²) in [5, 5.41) is 5.17. The molecule has 4 N–H and O–H groups in total. The van der Waals surface area contributed by atoms with E-state index < -0.39 is 11.8 Å². The second kappa shape index (κ2) is 6.59. The lowest BCUT2D eigenvalue weighted by Crippen LogP contribution is -2.45. The monoisotopic (exact) mass is 241 g/mol. The van der Waals surface area contributed by atoms with Gasteiger partial charge >= 0.3 is 11.8 Å². The zero-order chi connectivity index (χ0) is 12.7. The molecule has 1 fully saturated rings. The lowest BCUT2D eigenvalue weighted by atomic mass is 9.76. The molecule has 2 amide bonds. The Morgan fingerprint density at radius 1 is 1.12 bits per heavy atom. The van der Waals surface area contributed by atoms with Gasteiger partial charge < -0.3 is 16.4 Å². The molecule has 5 nitrogen and oxygen atoms in total. The molecule has 1 rings (SSSR count). The molecule has 1 aliphatic rings. The SMILES string of the molecule is CC1(CNC(=O)C(=O)NCCN)CCCCC1. The Hall–Kier alpha value is -1.10. The van der Waals surface area contributed by atoms with Crippen molar-refractivity contribution < 1.29 is 9.59 Å². The molecule has 0 atom stereocenters. The first-order valence-corrected chi connectivity index (χ1v) is 6.33. The van der Waals surface area contributed by atoms with Crippen LogP contribution in [0.3, 0.4) is 0 Å².